The van der Waals surface area contributed by atoms with Gasteiger partial charge in [0.25, 0.3) is 0 Å². The topological polar surface area (TPSA) is 21.3 Å². The van der Waals surface area contributed by atoms with Crippen molar-refractivity contribution < 1.29 is 4.74 Å². The third-order valence-electron chi connectivity index (χ3n) is 2.51. The molecule has 1 N–H and O–H groups in total. The van der Waals surface area contributed by atoms with Crippen molar-refractivity contribution in [1.29, 1.82) is 0 Å². The third-order valence-corrected chi connectivity index (χ3v) is 3.37. The van der Waals surface area contributed by atoms with Crippen LogP contribution in [0, 0.1) is 6.92 Å². The van der Waals surface area contributed by atoms with E-state index in [2.05, 4.69) is 44.5 Å². The number of rotatable bonds is 7. The molecule has 0 saturated carbocycles. The van der Waals surface area contributed by atoms with Gasteiger partial charge >= 0.3 is 0 Å². The predicted molar refractivity (Wildman–Crippen MR) is 71.2 cm³/mol. The average Bonchev–Trinajstić information content (AvgIpc) is 2.65. The van der Waals surface area contributed by atoms with Crippen molar-refractivity contribution in [3.8, 4) is 0 Å². The van der Waals surface area contributed by atoms with Crippen molar-refractivity contribution in [1.82, 2.24) is 5.32 Å². The molecule has 0 amide bonds. The Labute approximate surface area is 103 Å². The van der Waals surface area contributed by atoms with E-state index in [0.717, 1.165) is 19.6 Å². The molecule has 3 heteroatoms. The van der Waals surface area contributed by atoms with Crippen LogP contribution in [0.4, 0.5) is 0 Å². The summed E-state index contributed by atoms with van der Waals surface area (Å²) in [6.45, 7) is 10.3. The second-order valence-corrected chi connectivity index (χ2v) is 5.44. The van der Waals surface area contributed by atoms with Crippen LogP contribution >= 0.6 is 11.3 Å². The van der Waals surface area contributed by atoms with Crippen LogP contribution in [0.5, 0.6) is 0 Å². The Bertz CT molecular complexity index is 296. The van der Waals surface area contributed by atoms with Crippen LogP contribution in [0.1, 0.15) is 43.7 Å². The van der Waals surface area contributed by atoms with E-state index in [1.165, 1.54) is 10.4 Å². The lowest BCUT2D eigenvalue weighted by Gasteiger charge is -2.20. The SMILES string of the molecule is CCCNC(COC(C)C)c1ccsc1C. The zero-order chi connectivity index (χ0) is 12.0. The normalized spacial score (nSPS) is 13.3. The fourth-order valence-corrected chi connectivity index (χ4v) is 2.39. The van der Waals surface area contributed by atoms with E-state index in [9.17, 15) is 0 Å². The number of hydrogen-bond acceptors (Lipinski definition) is 3. The van der Waals surface area contributed by atoms with Crippen LogP contribution in [0.2, 0.25) is 0 Å². The highest BCUT2D eigenvalue weighted by Crippen LogP contribution is 2.23. The Morgan fingerprint density at radius 3 is 2.69 bits per heavy atom. The quantitative estimate of drug-likeness (QED) is 0.788. The number of ether oxygens (including phenoxy) is 1. The minimum atomic E-state index is 0.296. The molecule has 1 heterocycles. The molecule has 1 unspecified atom stereocenters. The second kappa shape index (κ2) is 7.05. The van der Waals surface area contributed by atoms with Crippen LogP contribution in [-0.2, 0) is 4.74 Å². The molecule has 2 nitrogen and oxygen atoms in total. The van der Waals surface area contributed by atoms with Gasteiger partial charge in [-0.3, -0.25) is 0 Å². The van der Waals surface area contributed by atoms with Gasteiger partial charge in [0.05, 0.1) is 18.8 Å². The average molecular weight is 241 g/mol. The lowest BCUT2D eigenvalue weighted by Crippen LogP contribution is -2.27. The fraction of sp³-hybridized carbons (Fsp3) is 0.692. The summed E-state index contributed by atoms with van der Waals surface area (Å²) in [4.78, 5) is 1.39. The summed E-state index contributed by atoms with van der Waals surface area (Å²) in [5.41, 5.74) is 1.39. The first-order valence-corrected chi connectivity index (χ1v) is 6.92. The minimum absolute atomic E-state index is 0.296. The van der Waals surface area contributed by atoms with Crippen LogP contribution < -0.4 is 5.32 Å². The lowest BCUT2D eigenvalue weighted by atomic mass is 10.1. The Morgan fingerprint density at radius 2 is 2.19 bits per heavy atom. The largest absolute Gasteiger partial charge is 0.377 e. The van der Waals surface area contributed by atoms with E-state index in [-0.39, 0.29) is 0 Å². The van der Waals surface area contributed by atoms with Crippen LogP contribution in [-0.4, -0.2) is 19.3 Å². The maximum atomic E-state index is 5.72. The van der Waals surface area contributed by atoms with Gasteiger partial charge < -0.3 is 10.1 Å². The van der Waals surface area contributed by atoms with Crippen molar-refractivity contribution in [3.63, 3.8) is 0 Å². The highest BCUT2D eigenvalue weighted by Gasteiger charge is 2.14. The minimum Gasteiger partial charge on any atom is -0.377 e. The van der Waals surface area contributed by atoms with Gasteiger partial charge in [0.15, 0.2) is 0 Å². The predicted octanol–water partition coefficient (Wildman–Crippen LogP) is 3.52. The molecule has 0 aliphatic heterocycles. The van der Waals surface area contributed by atoms with Gasteiger partial charge in [-0.25, -0.2) is 0 Å². The molecule has 1 atom stereocenters. The van der Waals surface area contributed by atoms with Gasteiger partial charge in [-0.1, -0.05) is 6.92 Å². The van der Waals surface area contributed by atoms with Gasteiger partial charge in [-0.05, 0) is 50.7 Å². The fourth-order valence-electron chi connectivity index (χ4n) is 1.62. The van der Waals surface area contributed by atoms with E-state index >= 15 is 0 Å². The molecule has 92 valence electrons. The molecule has 0 fully saturated rings. The van der Waals surface area contributed by atoms with Crippen LogP contribution in [0.3, 0.4) is 0 Å². The van der Waals surface area contributed by atoms with E-state index in [1.54, 1.807) is 11.3 Å². The summed E-state index contributed by atoms with van der Waals surface area (Å²) in [6.07, 6.45) is 1.45. The van der Waals surface area contributed by atoms with E-state index in [0.29, 0.717) is 12.1 Å². The Kier molecular flexibility index (Phi) is 6.03. The van der Waals surface area contributed by atoms with Crippen molar-refractivity contribution in [2.45, 2.75) is 46.3 Å². The van der Waals surface area contributed by atoms with E-state index < -0.39 is 0 Å². The zero-order valence-electron chi connectivity index (χ0n) is 10.7. The Hall–Kier alpha value is -0.380. The molecule has 0 aliphatic rings. The molecule has 1 aromatic rings. The van der Waals surface area contributed by atoms with Gasteiger partial charge in [0, 0.05) is 4.88 Å². The zero-order valence-corrected chi connectivity index (χ0v) is 11.6. The van der Waals surface area contributed by atoms with Gasteiger partial charge in [0.1, 0.15) is 0 Å². The molecule has 0 bridgehead atoms. The molecule has 1 aromatic heterocycles. The molecule has 16 heavy (non-hydrogen) atoms. The number of nitrogens with one attached hydrogen (secondary N) is 1. The standard InChI is InChI=1S/C13H23NOS/c1-5-7-14-13(9-15-10(2)3)12-6-8-16-11(12)4/h6,8,10,13-14H,5,7,9H2,1-4H3. The molecule has 0 aromatic carbocycles. The van der Waals surface area contributed by atoms with Crippen LogP contribution in [0.15, 0.2) is 11.4 Å². The summed E-state index contributed by atoms with van der Waals surface area (Å²) in [7, 11) is 0. The van der Waals surface area contributed by atoms with Crippen molar-refractivity contribution in [2.75, 3.05) is 13.2 Å². The maximum Gasteiger partial charge on any atom is 0.0665 e. The summed E-state index contributed by atoms with van der Waals surface area (Å²) in [5.74, 6) is 0. The Morgan fingerprint density at radius 1 is 1.44 bits per heavy atom. The highest BCUT2D eigenvalue weighted by atomic mass is 32.1. The highest BCUT2D eigenvalue weighted by molar-refractivity contribution is 7.10. The number of aryl methyl sites for hydroxylation is 1. The monoisotopic (exact) mass is 241 g/mol. The molecule has 0 aliphatic carbocycles. The summed E-state index contributed by atoms with van der Waals surface area (Å²) >= 11 is 1.80. The lowest BCUT2D eigenvalue weighted by molar-refractivity contribution is 0.0611. The number of thiophene rings is 1. The molecular formula is C13H23NOS. The summed E-state index contributed by atoms with van der Waals surface area (Å²) in [6, 6.07) is 2.55. The maximum absolute atomic E-state index is 5.72. The third kappa shape index (κ3) is 4.24. The van der Waals surface area contributed by atoms with Gasteiger partial charge in [-0.2, -0.15) is 0 Å². The van der Waals surface area contributed by atoms with Crippen molar-refractivity contribution >= 4 is 11.3 Å². The summed E-state index contributed by atoms with van der Waals surface area (Å²) in [5, 5.41) is 5.70. The van der Waals surface area contributed by atoms with Crippen molar-refractivity contribution in [3.05, 3.63) is 21.9 Å². The molecular weight excluding hydrogens is 218 g/mol. The first-order valence-electron chi connectivity index (χ1n) is 6.04. The summed E-state index contributed by atoms with van der Waals surface area (Å²) < 4.78 is 5.72. The molecule has 0 saturated heterocycles. The van der Waals surface area contributed by atoms with Gasteiger partial charge in [-0.15, -0.1) is 11.3 Å². The first kappa shape index (κ1) is 13.7. The first-order chi connectivity index (χ1) is 7.65. The smallest absolute Gasteiger partial charge is 0.0665 e. The van der Waals surface area contributed by atoms with Crippen LogP contribution in [0.25, 0.3) is 0 Å². The second-order valence-electron chi connectivity index (χ2n) is 4.32. The molecule has 0 radical (unpaired) electrons. The van der Waals surface area contributed by atoms with Gasteiger partial charge in [0.2, 0.25) is 0 Å². The number of hydrogen-bond donors (Lipinski definition) is 1. The van der Waals surface area contributed by atoms with E-state index in [1.807, 2.05) is 0 Å². The van der Waals surface area contributed by atoms with E-state index in [4.69, 9.17) is 4.74 Å². The Balaban J connectivity index is 2.60. The molecule has 1 rings (SSSR count). The molecule has 0 spiro atoms. The van der Waals surface area contributed by atoms with Crippen molar-refractivity contribution in [2.24, 2.45) is 0 Å².